The van der Waals surface area contributed by atoms with E-state index in [0.29, 0.717) is 13.2 Å². The number of para-hydroxylation sites is 1. The Balaban J connectivity index is 1.48. The molecule has 0 aliphatic carbocycles. The lowest BCUT2D eigenvalue weighted by molar-refractivity contribution is 0.321. The third kappa shape index (κ3) is 5.64. The highest BCUT2D eigenvalue weighted by Gasteiger charge is 2.14. The summed E-state index contributed by atoms with van der Waals surface area (Å²) in [5.74, 6) is 1.67. The van der Waals surface area contributed by atoms with E-state index in [1.54, 1.807) is 7.05 Å². The molecular weight excluding hydrogens is 336 g/mol. The first kappa shape index (κ1) is 19.1. The molecule has 0 aromatic heterocycles. The molecule has 0 saturated carbocycles. The maximum atomic E-state index is 5.71. The van der Waals surface area contributed by atoms with Crippen molar-refractivity contribution in [3.8, 4) is 5.75 Å². The van der Waals surface area contributed by atoms with E-state index < -0.39 is 0 Å². The van der Waals surface area contributed by atoms with Crippen LogP contribution in [0.1, 0.15) is 31.4 Å². The van der Waals surface area contributed by atoms with Crippen LogP contribution in [0.5, 0.6) is 5.75 Å². The highest BCUT2D eigenvalue weighted by molar-refractivity contribution is 5.80. The summed E-state index contributed by atoms with van der Waals surface area (Å²) in [6.45, 7) is 5.76. The zero-order chi connectivity index (χ0) is 18.9. The Morgan fingerprint density at radius 1 is 1.11 bits per heavy atom. The molecule has 3 rings (SSSR count). The van der Waals surface area contributed by atoms with Gasteiger partial charge in [-0.25, -0.2) is 0 Å². The van der Waals surface area contributed by atoms with Crippen molar-refractivity contribution in [2.24, 2.45) is 4.99 Å². The second-order valence-corrected chi connectivity index (χ2v) is 6.82. The summed E-state index contributed by atoms with van der Waals surface area (Å²) >= 11 is 0. The standard InChI is InChI=1S/C22H30N4O/c1-18(19-9-8-10-20(17-19)26-14-6-7-15-26)25-22(23-2)24-13-16-27-21-11-4-3-5-12-21/h3-5,8-12,17-18H,6-7,13-16H2,1-2H3,(H2,23,24,25). The molecule has 27 heavy (non-hydrogen) atoms. The van der Waals surface area contributed by atoms with Crippen LogP contribution in [0.3, 0.4) is 0 Å². The fraction of sp³-hybridized carbons (Fsp3) is 0.409. The van der Waals surface area contributed by atoms with Crippen LogP contribution in [0.4, 0.5) is 5.69 Å². The van der Waals surface area contributed by atoms with Crippen molar-refractivity contribution in [3.05, 3.63) is 60.2 Å². The molecular formula is C22H30N4O. The van der Waals surface area contributed by atoms with E-state index in [9.17, 15) is 0 Å². The fourth-order valence-electron chi connectivity index (χ4n) is 3.30. The second-order valence-electron chi connectivity index (χ2n) is 6.82. The number of anilines is 1. The van der Waals surface area contributed by atoms with Gasteiger partial charge in [0.05, 0.1) is 12.6 Å². The predicted molar refractivity (Wildman–Crippen MR) is 113 cm³/mol. The second kappa shape index (κ2) is 9.86. The molecule has 5 heteroatoms. The molecule has 0 spiro atoms. The maximum absolute atomic E-state index is 5.71. The van der Waals surface area contributed by atoms with Crippen molar-refractivity contribution in [2.45, 2.75) is 25.8 Å². The molecule has 0 radical (unpaired) electrons. The van der Waals surface area contributed by atoms with Crippen molar-refractivity contribution >= 4 is 11.6 Å². The molecule has 1 aliphatic heterocycles. The minimum absolute atomic E-state index is 0.175. The summed E-state index contributed by atoms with van der Waals surface area (Å²) in [7, 11) is 1.79. The van der Waals surface area contributed by atoms with Gasteiger partial charge in [-0.05, 0) is 49.6 Å². The summed E-state index contributed by atoms with van der Waals surface area (Å²) < 4.78 is 5.71. The van der Waals surface area contributed by atoms with E-state index in [2.05, 4.69) is 51.7 Å². The molecule has 2 aromatic carbocycles. The zero-order valence-electron chi connectivity index (χ0n) is 16.3. The predicted octanol–water partition coefficient (Wildman–Crippen LogP) is 3.59. The quantitative estimate of drug-likeness (QED) is 0.447. The van der Waals surface area contributed by atoms with E-state index in [4.69, 9.17) is 4.74 Å². The van der Waals surface area contributed by atoms with E-state index in [-0.39, 0.29) is 6.04 Å². The molecule has 144 valence electrons. The van der Waals surface area contributed by atoms with Crippen LogP contribution in [-0.2, 0) is 0 Å². The van der Waals surface area contributed by atoms with Crippen LogP contribution in [0, 0.1) is 0 Å². The van der Waals surface area contributed by atoms with E-state index in [1.165, 1.54) is 24.1 Å². The lowest BCUT2D eigenvalue weighted by Crippen LogP contribution is -2.40. The topological polar surface area (TPSA) is 48.9 Å². The number of hydrogen-bond acceptors (Lipinski definition) is 3. The molecule has 2 aromatic rings. The van der Waals surface area contributed by atoms with E-state index >= 15 is 0 Å². The Kier molecular flexibility index (Phi) is 6.97. The third-order valence-electron chi connectivity index (χ3n) is 4.82. The van der Waals surface area contributed by atoms with Gasteiger partial charge in [-0.2, -0.15) is 0 Å². The van der Waals surface area contributed by atoms with Gasteiger partial charge in [0.15, 0.2) is 5.96 Å². The van der Waals surface area contributed by atoms with Gasteiger partial charge in [-0.1, -0.05) is 30.3 Å². The lowest BCUT2D eigenvalue weighted by atomic mass is 10.1. The van der Waals surface area contributed by atoms with Gasteiger partial charge in [0.1, 0.15) is 12.4 Å². The number of hydrogen-bond donors (Lipinski definition) is 2. The van der Waals surface area contributed by atoms with Gasteiger partial charge in [-0.15, -0.1) is 0 Å². The molecule has 1 fully saturated rings. The zero-order valence-corrected chi connectivity index (χ0v) is 16.3. The minimum atomic E-state index is 0.175. The molecule has 0 bridgehead atoms. The number of nitrogens with one attached hydrogen (secondary N) is 2. The minimum Gasteiger partial charge on any atom is -0.492 e. The smallest absolute Gasteiger partial charge is 0.191 e. The number of nitrogens with zero attached hydrogens (tertiary/aromatic N) is 2. The lowest BCUT2D eigenvalue weighted by Gasteiger charge is -2.22. The number of benzene rings is 2. The average molecular weight is 367 g/mol. The average Bonchev–Trinajstić information content (AvgIpc) is 3.26. The maximum Gasteiger partial charge on any atom is 0.191 e. The summed E-state index contributed by atoms with van der Waals surface area (Å²) in [4.78, 5) is 6.79. The molecule has 0 amide bonds. The first-order valence-electron chi connectivity index (χ1n) is 9.76. The first-order valence-corrected chi connectivity index (χ1v) is 9.76. The van der Waals surface area contributed by atoms with Gasteiger partial charge in [0, 0.05) is 25.8 Å². The highest BCUT2D eigenvalue weighted by atomic mass is 16.5. The Labute approximate surface area is 162 Å². The van der Waals surface area contributed by atoms with Gasteiger partial charge >= 0.3 is 0 Å². The molecule has 5 nitrogen and oxygen atoms in total. The number of aliphatic imine (C=N–C) groups is 1. The van der Waals surface area contributed by atoms with Crippen molar-refractivity contribution in [3.63, 3.8) is 0 Å². The third-order valence-corrected chi connectivity index (χ3v) is 4.82. The Hall–Kier alpha value is -2.69. The first-order chi connectivity index (χ1) is 13.3. The molecule has 1 unspecified atom stereocenters. The summed E-state index contributed by atoms with van der Waals surface area (Å²) in [5.41, 5.74) is 2.58. The fourth-order valence-corrected chi connectivity index (χ4v) is 3.30. The Bertz CT molecular complexity index is 726. The van der Waals surface area contributed by atoms with Crippen LogP contribution in [0.15, 0.2) is 59.6 Å². The largest absolute Gasteiger partial charge is 0.492 e. The Morgan fingerprint density at radius 2 is 1.89 bits per heavy atom. The van der Waals surface area contributed by atoms with Crippen LogP contribution in [0.25, 0.3) is 0 Å². The van der Waals surface area contributed by atoms with Crippen molar-refractivity contribution in [1.82, 2.24) is 10.6 Å². The molecule has 2 N–H and O–H groups in total. The molecule has 1 aliphatic rings. The van der Waals surface area contributed by atoms with Crippen LogP contribution < -0.4 is 20.3 Å². The van der Waals surface area contributed by atoms with Crippen LogP contribution >= 0.6 is 0 Å². The monoisotopic (exact) mass is 366 g/mol. The van der Waals surface area contributed by atoms with Gasteiger partial charge < -0.3 is 20.3 Å². The van der Waals surface area contributed by atoms with Gasteiger partial charge in [0.2, 0.25) is 0 Å². The number of ether oxygens (including phenoxy) is 1. The van der Waals surface area contributed by atoms with E-state index in [0.717, 1.165) is 24.8 Å². The summed E-state index contributed by atoms with van der Waals surface area (Å²) in [5, 5.41) is 6.78. The normalized spacial score (nSPS) is 15.5. The van der Waals surface area contributed by atoms with Crippen molar-refractivity contribution < 1.29 is 4.74 Å². The highest BCUT2D eigenvalue weighted by Crippen LogP contribution is 2.23. The molecule has 1 saturated heterocycles. The SMILES string of the molecule is CN=C(NCCOc1ccccc1)NC(C)c1cccc(N2CCCC2)c1. The molecule has 1 heterocycles. The van der Waals surface area contributed by atoms with Gasteiger partial charge in [0.25, 0.3) is 0 Å². The summed E-state index contributed by atoms with van der Waals surface area (Å²) in [6, 6.07) is 18.8. The van der Waals surface area contributed by atoms with Crippen LogP contribution in [-0.4, -0.2) is 39.2 Å². The van der Waals surface area contributed by atoms with E-state index in [1.807, 2.05) is 30.3 Å². The number of rotatable bonds is 7. The van der Waals surface area contributed by atoms with Crippen molar-refractivity contribution in [2.75, 3.05) is 38.2 Å². The van der Waals surface area contributed by atoms with Crippen molar-refractivity contribution in [1.29, 1.82) is 0 Å². The number of guanidine groups is 1. The van der Waals surface area contributed by atoms with Crippen LogP contribution in [0.2, 0.25) is 0 Å². The Morgan fingerprint density at radius 3 is 2.63 bits per heavy atom. The summed E-state index contributed by atoms with van der Waals surface area (Å²) in [6.07, 6.45) is 2.58. The van der Waals surface area contributed by atoms with Gasteiger partial charge in [-0.3, -0.25) is 4.99 Å². The molecule has 1 atom stereocenters.